The molecule has 0 aliphatic carbocycles. The van der Waals surface area contributed by atoms with Crippen LogP contribution in [-0.4, -0.2) is 49.0 Å². The lowest BCUT2D eigenvalue weighted by Gasteiger charge is -2.32. The van der Waals surface area contributed by atoms with Crippen LogP contribution in [0.4, 0.5) is 5.69 Å². The van der Waals surface area contributed by atoms with Crippen molar-refractivity contribution in [3.63, 3.8) is 0 Å². The van der Waals surface area contributed by atoms with E-state index in [9.17, 15) is 9.59 Å². The molecule has 190 valence electrons. The largest absolute Gasteiger partial charge is 0.339 e. The fourth-order valence-corrected chi connectivity index (χ4v) is 5.02. The number of nitrogens with zero attached hydrogens (tertiary/aromatic N) is 5. The smallest absolute Gasteiger partial charge is 0.274 e. The van der Waals surface area contributed by atoms with Crippen molar-refractivity contribution >= 4 is 23.0 Å². The first-order chi connectivity index (χ1) is 18.6. The van der Waals surface area contributed by atoms with Gasteiger partial charge < -0.3 is 14.6 Å². The SMILES string of the molecule is O=C(Nc1ccc(C2CCN(C(=O)c3cnn(Cc4ccccc4)c3)CC2)cc1)c1cc2cccn2cn1. The molecular weight excluding hydrogens is 476 g/mol. The van der Waals surface area contributed by atoms with E-state index in [0.717, 1.165) is 29.6 Å². The van der Waals surface area contributed by atoms with Gasteiger partial charge in [0.25, 0.3) is 11.8 Å². The molecule has 1 saturated heterocycles. The molecule has 0 spiro atoms. The van der Waals surface area contributed by atoms with E-state index in [-0.39, 0.29) is 11.8 Å². The zero-order chi connectivity index (χ0) is 25.9. The van der Waals surface area contributed by atoms with Crippen LogP contribution in [0.25, 0.3) is 5.52 Å². The van der Waals surface area contributed by atoms with E-state index in [1.165, 1.54) is 5.56 Å². The number of benzene rings is 2. The molecule has 0 saturated carbocycles. The quantitative estimate of drug-likeness (QED) is 0.358. The molecule has 5 aromatic rings. The molecule has 8 nitrogen and oxygen atoms in total. The van der Waals surface area contributed by atoms with Crippen LogP contribution in [0.2, 0.25) is 0 Å². The molecule has 6 rings (SSSR count). The van der Waals surface area contributed by atoms with Gasteiger partial charge in [0.1, 0.15) is 5.69 Å². The highest BCUT2D eigenvalue weighted by Crippen LogP contribution is 2.29. The zero-order valence-electron chi connectivity index (χ0n) is 20.9. The lowest BCUT2D eigenvalue weighted by Crippen LogP contribution is -2.37. The van der Waals surface area contributed by atoms with Gasteiger partial charge in [-0.3, -0.25) is 14.3 Å². The number of nitrogens with one attached hydrogen (secondary N) is 1. The van der Waals surface area contributed by atoms with Crippen molar-refractivity contribution in [3.8, 4) is 0 Å². The molecular formula is C30H28N6O2. The number of amides is 2. The lowest BCUT2D eigenvalue weighted by atomic mass is 9.89. The van der Waals surface area contributed by atoms with Crippen molar-refractivity contribution in [2.24, 2.45) is 0 Å². The van der Waals surface area contributed by atoms with E-state index in [4.69, 9.17) is 0 Å². The summed E-state index contributed by atoms with van der Waals surface area (Å²) in [6.07, 6.45) is 8.83. The molecule has 8 heteroatoms. The van der Waals surface area contributed by atoms with Gasteiger partial charge in [-0.1, -0.05) is 42.5 Å². The highest BCUT2D eigenvalue weighted by molar-refractivity contribution is 6.03. The number of fused-ring (bicyclic) bond motifs is 1. The standard InChI is InChI=1S/C30H28N6O2/c37-29(28-17-27-7-4-14-35(27)21-31-28)33-26-10-8-23(9-11-26)24-12-15-34(16-13-24)30(38)25-18-32-36(20-25)19-22-5-2-1-3-6-22/h1-11,14,17-18,20-21,24H,12-13,15-16,19H2,(H,33,37). The Morgan fingerprint density at radius 1 is 0.947 bits per heavy atom. The molecule has 1 aliphatic rings. The highest BCUT2D eigenvalue weighted by Gasteiger charge is 2.25. The first-order valence-electron chi connectivity index (χ1n) is 12.8. The van der Waals surface area contributed by atoms with Crippen LogP contribution >= 0.6 is 0 Å². The topological polar surface area (TPSA) is 84.5 Å². The Balaban J connectivity index is 1.02. The molecule has 0 atom stereocenters. The average Bonchev–Trinajstić information content (AvgIpc) is 3.63. The van der Waals surface area contributed by atoms with Crippen molar-refractivity contribution < 1.29 is 9.59 Å². The minimum absolute atomic E-state index is 0.0350. The summed E-state index contributed by atoms with van der Waals surface area (Å²) in [5, 5.41) is 7.31. The summed E-state index contributed by atoms with van der Waals surface area (Å²) < 4.78 is 3.67. The third-order valence-corrected chi connectivity index (χ3v) is 7.14. The predicted molar refractivity (Wildman–Crippen MR) is 145 cm³/mol. The fourth-order valence-electron chi connectivity index (χ4n) is 5.02. The summed E-state index contributed by atoms with van der Waals surface area (Å²) in [6.45, 7) is 2.06. The second-order valence-electron chi connectivity index (χ2n) is 9.67. The van der Waals surface area contributed by atoms with Gasteiger partial charge in [0.2, 0.25) is 0 Å². The van der Waals surface area contributed by atoms with Gasteiger partial charge in [-0.05, 0) is 60.2 Å². The van der Waals surface area contributed by atoms with E-state index >= 15 is 0 Å². The summed E-state index contributed by atoms with van der Waals surface area (Å²) in [4.78, 5) is 31.9. The number of hydrogen-bond donors (Lipinski definition) is 1. The van der Waals surface area contributed by atoms with Gasteiger partial charge in [-0.15, -0.1) is 0 Å². The number of rotatable bonds is 6. The number of piperidine rings is 1. The average molecular weight is 505 g/mol. The minimum Gasteiger partial charge on any atom is -0.339 e. The number of aromatic nitrogens is 4. The molecule has 0 bridgehead atoms. The Bertz CT molecular complexity index is 1560. The number of carbonyl (C=O) groups excluding carboxylic acids is 2. The van der Waals surface area contributed by atoms with Gasteiger partial charge in [0, 0.05) is 36.7 Å². The number of hydrogen-bond acceptors (Lipinski definition) is 4. The van der Waals surface area contributed by atoms with Gasteiger partial charge >= 0.3 is 0 Å². The van der Waals surface area contributed by atoms with Crippen molar-refractivity contribution in [3.05, 3.63) is 120 Å². The normalized spacial score (nSPS) is 14.1. The number of likely N-dealkylation sites (tertiary alicyclic amines) is 1. The molecule has 0 radical (unpaired) electrons. The Morgan fingerprint density at radius 3 is 2.53 bits per heavy atom. The van der Waals surface area contributed by atoms with E-state index in [2.05, 4.69) is 39.7 Å². The Hall–Kier alpha value is -4.72. The molecule has 1 N–H and O–H groups in total. The van der Waals surface area contributed by atoms with E-state index < -0.39 is 0 Å². The predicted octanol–water partition coefficient (Wildman–Crippen LogP) is 4.85. The van der Waals surface area contributed by atoms with Crippen LogP contribution in [0.5, 0.6) is 0 Å². The molecule has 0 unspecified atom stereocenters. The number of carbonyl (C=O) groups is 2. The summed E-state index contributed by atoms with van der Waals surface area (Å²) >= 11 is 0. The van der Waals surface area contributed by atoms with Crippen LogP contribution < -0.4 is 5.32 Å². The Morgan fingerprint density at radius 2 is 1.74 bits per heavy atom. The second kappa shape index (κ2) is 10.3. The third kappa shape index (κ3) is 5.06. The Kier molecular flexibility index (Phi) is 6.44. The van der Waals surface area contributed by atoms with E-state index in [1.807, 2.05) is 68.8 Å². The van der Waals surface area contributed by atoms with Crippen LogP contribution in [-0.2, 0) is 6.54 Å². The van der Waals surface area contributed by atoms with Crippen molar-refractivity contribution in [1.29, 1.82) is 0 Å². The third-order valence-electron chi connectivity index (χ3n) is 7.14. The molecule has 3 aromatic heterocycles. The maximum atomic E-state index is 13.1. The maximum absolute atomic E-state index is 13.1. The first kappa shape index (κ1) is 23.7. The van der Waals surface area contributed by atoms with Crippen LogP contribution in [0.1, 0.15) is 50.7 Å². The highest BCUT2D eigenvalue weighted by atomic mass is 16.2. The summed E-state index contributed by atoms with van der Waals surface area (Å²) in [5.74, 6) is 0.177. The molecule has 1 aliphatic heterocycles. The van der Waals surface area contributed by atoms with Crippen LogP contribution in [0.15, 0.2) is 97.7 Å². The molecule has 1 fully saturated rings. The zero-order valence-corrected chi connectivity index (χ0v) is 20.9. The van der Waals surface area contributed by atoms with Crippen molar-refractivity contribution in [2.75, 3.05) is 18.4 Å². The molecule has 38 heavy (non-hydrogen) atoms. The minimum atomic E-state index is -0.236. The van der Waals surface area contributed by atoms with Crippen molar-refractivity contribution in [2.45, 2.75) is 25.3 Å². The monoisotopic (exact) mass is 504 g/mol. The van der Waals surface area contributed by atoms with Gasteiger partial charge in [-0.2, -0.15) is 5.10 Å². The first-order valence-corrected chi connectivity index (χ1v) is 12.8. The van der Waals surface area contributed by atoms with Crippen LogP contribution in [0.3, 0.4) is 0 Å². The number of anilines is 1. The molecule has 2 amide bonds. The molecule has 2 aromatic carbocycles. The van der Waals surface area contributed by atoms with E-state index in [1.54, 1.807) is 18.6 Å². The summed E-state index contributed by atoms with van der Waals surface area (Å²) in [6, 6.07) is 23.7. The van der Waals surface area contributed by atoms with Gasteiger partial charge in [0.05, 0.1) is 24.6 Å². The summed E-state index contributed by atoms with van der Waals surface area (Å²) in [7, 11) is 0. The van der Waals surface area contributed by atoms with E-state index in [0.29, 0.717) is 36.8 Å². The lowest BCUT2D eigenvalue weighted by molar-refractivity contribution is 0.0712. The summed E-state index contributed by atoms with van der Waals surface area (Å²) in [5.41, 5.74) is 5.03. The Labute approximate surface area is 220 Å². The van der Waals surface area contributed by atoms with Crippen LogP contribution in [0, 0.1) is 0 Å². The van der Waals surface area contributed by atoms with Gasteiger partial charge in [-0.25, -0.2) is 4.98 Å². The maximum Gasteiger partial charge on any atom is 0.274 e. The molecule has 4 heterocycles. The fraction of sp³-hybridized carbons (Fsp3) is 0.200. The van der Waals surface area contributed by atoms with Gasteiger partial charge in [0.15, 0.2) is 0 Å². The van der Waals surface area contributed by atoms with Crippen molar-refractivity contribution in [1.82, 2.24) is 24.1 Å². The second-order valence-corrected chi connectivity index (χ2v) is 9.67.